The van der Waals surface area contributed by atoms with Crippen LogP contribution in [-0.2, 0) is 6.54 Å². The van der Waals surface area contributed by atoms with Gasteiger partial charge < -0.3 is 4.90 Å². The summed E-state index contributed by atoms with van der Waals surface area (Å²) in [6.45, 7) is 2.39. The Morgan fingerprint density at radius 2 is 1.83 bits per heavy atom. The molecule has 1 aromatic carbocycles. The molecule has 2 atom stereocenters. The fourth-order valence-electron chi connectivity index (χ4n) is 5.10. The van der Waals surface area contributed by atoms with Crippen LogP contribution in [-0.4, -0.2) is 38.7 Å². The first kappa shape index (κ1) is 19.0. The Morgan fingerprint density at radius 3 is 2.63 bits per heavy atom. The van der Waals surface area contributed by atoms with E-state index in [4.69, 9.17) is 5.10 Å². The summed E-state index contributed by atoms with van der Waals surface area (Å²) in [6.07, 6.45) is 11.9. The van der Waals surface area contributed by atoms with E-state index in [9.17, 15) is 4.79 Å². The molecule has 1 aliphatic heterocycles. The fourth-order valence-corrected chi connectivity index (χ4v) is 5.10. The van der Waals surface area contributed by atoms with Gasteiger partial charge >= 0.3 is 0 Å². The van der Waals surface area contributed by atoms with Crippen molar-refractivity contribution in [1.29, 1.82) is 0 Å². The average Bonchev–Trinajstić information content (AvgIpc) is 3.23. The molecule has 154 valence electrons. The van der Waals surface area contributed by atoms with Crippen LogP contribution in [0.4, 0.5) is 0 Å². The van der Waals surface area contributed by atoms with Gasteiger partial charge in [-0.2, -0.15) is 5.10 Å². The van der Waals surface area contributed by atoms with E-state index in [0.29, 0.717) is 18.0 Å². The van der Waals surface area contributed by atoms with Crippen LogP contribution in [0.3, 0.4) is 0 Å². The number of fused-ring (bicyclic) bond motifs is 1. The first-order valence-corrected chi connectivity index (χ1v) is 11.1. The third kappa shape index (κ3) is 3.89. The number of piperidine rings is 1. The lowest BCUT2D eigenvalue weighted by molar-refractivity contribution is 0.0521. The third-order valence-electron chi connectivity index (χ3n) is 6.69. The molecule has 5 rings (SSSR count). The highest BCUT2D eigenvalue weighted by Gasteiger charge is 2.34. The second-order valence-corrected chi connectivity index (χ2v) is 8.66. The Kier molecular flexibility index (Phi) is 5.35. The van der Waals surface area contributed by atoms with Crippen molar-refractivity contribution >= 4 is 5.91 Å². The number of rotatable bonds is 4. The summed E-state index contributed by atoms with van der Waals surface area (Å²) < 4.78 is 1.89. The summed E-state index contributed by atoms with van der Waals surface area (Å²) >= 11 is 0. The van der Waals surface area contributed by atoms with Gasteiger partial charge in [0.15, 0.2) is 0 Å². The molecule has 1 saturated heterocycles. The highest BCUT2D eigenvalue weighted by Crippen LogP contribution is 2.37. The van der Waals surface area contributed by atoms with Crippen LogP contribution in [0.25, 0.3) is 11.3 Å². The zero-order chi connectivity index (χ0) is 20.3. The van der Waals surface area contributed by atoms with Crippen molar-refractivity contribution in [3.8, 4) is 11.3 Å². The number of benzene rings is 1. The SMILES string of the molecule is O=C(c1cn(Cc2ccccc2)nc1-c1cccnc1)N1CC[C@H]2CCCC[C@@H]2C1. The standard InChI is InChI=1S/C25H28N4O/c30-25(28-14-12-20-9-4-5-10-22(20)17-28)23-18-29(16-19-7-2-1-3-8-19)27-24(23)21-11-6-13-26-15-21/h1-3,6-8,11,13,15,18,20,22H,4-5,9-10,12,14,16-17H2/t20-,22-/m1/s1. The summed E-state index contributed by atoms with van der Waals surface area (Å²) in [5.74, 6) is 1.58. The van der Waals surface area contributed by atoms with Crippen LogP contribution in [0.5, 0.6) is 0 Å². The van der Waals surface area contributed by atoms with Crippen molar-refractivity contribution in [2.45, 2.75) is 38.6 Å². The van der Waals surface area contributed by atoms with Crippen LogP contribution >= 0.6 is 0 Å². The molecule has 5 nitrogen and oxygen atoms in total. The lowest BCUT2D eigenvalue weighted by atomic mass is 9.75. The number of amides is 1. The van der Waals surface area contributed by atoms with Gasteiger partial charge in [-0.3, -0.25) is 14.5 Å². The molecule has 0 spiro atoms. The number of pyridine rings is 1. The molecular formula is C25H28N4O. The number of carbonyl (C=O) groups is 1. The minimum atomic E-state index is 0.109. The molecule has 1 aliphatic carbocycles. The smallest absolute Gasteiger partial charge is 0.257 e. The summed E-state index contributed by atoms with van der Waals surface area (Å²) in [5.41, 5.74) is 3.47. The molecule has 0 radical (unpaired) electrons. The Balaban J connectivity index is 1.44. The van der Waals surface area contributed by atoms with Gasteiger partial charge in [0.1, 0.15) is 5.69 Å². The van der Waals surface area contributed by atoms with Gasteiger partial charge in [0, 0.05) is 37.2 Å². The monoisotopic (exact) mass is 400 g/mol. The number of hydrogen-bond donors (Lipinski definition) is 0. The van der Waals surface area contributed by atoms with E-state index in [0.717, 1.165) is 36.7 Å². The number of hydrogen-bond acceptors (Lipinski definition) is 3. The quantitative estimate of drug-likeness (QED) is 0.641. The Bertz CT molecular complexity index is 999. The average molecular weight is 401 g/mol. The lowest BCUT2D eigenvalue weighted by Gasteiger charge is -2.41. The van der Waals surface area contributed by atoms with Gasteiger partial charge in [0.25, 0.3) is 5.91 Å². The molecular weight excluding hydrogens is 372 g/mol. The van der Waals surface area contributed by atoms with E-state index >= 15 is 0 Å². The van der Waals surface area contributed by atoms with E-state index in [1.54, 1.807) is 12.4 Å². The van der Waals surface area contributed by atoms with E-state index < -0.39 is 0 Å². The predicted molar refractivity (Wildman–Crippen MR) is 117 cm³/mol. The first-order chi connectivity index (χ1) is 14.8. The maximum atomic E-state index is 13.6. The highest BCUT2D eigenvalue weighted by atomic mass is 16.2. The highest BCUT2D eigenvalue weighted by molar-refractivity contribution is 5.99. The van der Waals surface area contributed by atoms with Crippen LogP contribution in [0.15, 0.2) is 61.1 Å². The Morgan fingerprint density at radius 1 is 1.00 bits per heavy atom. The number of likely N-dealkylation sites (tertiary alicyclic amines) is 1. The third-order valence-corrected chi connectivity index (χ3v) is 6.69. The molecule has 30 heavy (non-hydrogen) atoms. The molecule has 0 N–H and O–H groups in total. The second-order valence-electron chi connectivity index (χ2n) is 8.66. The van der Waals surface area contributed by atoms with Gasteiger partial charge in [0.2, 0.25) is 0 Å². The van der Waals surface area contributed by atoms with E-state index in [-0.39, 0.29) is 5.91 Å². The van der Waals surface area contributed by atoms with Crippen molar-refractivity contribution in [2.75, 3.05) is 13.1 Å². The minimum Gasteiger partial charge on any atom is -0.338 e. The number of aromatic nitrogens is 3. The summed E-state index contributed by atoms with van der Waals surface area (Å²) in [5, 5.41) is 4.80. The largest absolute Gasteiger partial charge is 0.338 e. The Labute approximate surface area is 177 Å². The van der Waals surface area contributed by atoms with Gasteiger partial charge in [0.05, 0.1) is 12.1 Å². The van der Waals surface area contributed by atoms with Gasteiger partial charge in [-0.05, 0) is 42.4 Å². The molecule has 2 fully saturated rings. The maximum Gasteiger partial charge on any atom is 0.257 e. The van der Waals surface area contributed by atoms with Crippen LogP contribution in [0, 0.1) is 11.8 Å². The molecule has 0 unspecified atom stereocenters. The predicted octanol–water partition coefficient (Wildman–Crippen LogP) is 4.65. The normalized spacial score (nSPS) is 21.3. The second kappa shape index (κ2) is 8.42. The molecule has 0 bridgehead atoms. The van der Waals surface area contributed by atoms with Gasteiger partial charge in [-0.25, -0.2) is 0 Å². The molecule has 2 aromatic heterocycles. The van der Waals surface area contributed by atoms with Crippen molar-refractivity contribution < 1.29 is 4.79 Å². The fraction of sp³-hybridized carbons (Fsp3) is 0.400. The van der Waals surface area contributed by atoms with Crippen molar-refractivity contribution in [3.63, 3.8) is 0 Å². The lowest BCUT2D eigenvalue weighted by Crippen LogP contribution is -2.44. The van der Waals surface area contributed by atoms with Gasteiger partial charge in [-0.1, -0.05) is 49.6 Å². The Hall–Kier alpha value is -2.95. The molecule has 1 saturated carbocycles. The zero-order valence-corrected chi connectivity index (χ0v) is 17.3. The summed E-state index contributed by atoms with van der Waals surface area (Å²) in [6, 6.07) is 14.1. The zero-order valence-electron chi connectivity index (χ0n) is 17.3. The van der Waals surface area contributed by atoms with Crippen LogP contribution in [0.1, 0.15) is 48.0 Å². The number of nitrogens with zero attached hydrogens (tertiary/aromatic N) is 4. The summed E-state index contributed by atoms with van der Waals surface area (Å²) in [7, 11) is 0. The van der Waals surface area contributed by atoms with Crippen molar-refractivity contribution in [1.82, 2.24) is 19.7 Å². The first-order valence-electron chi connectivity index (χ1n) is 11.1. The van der Waals surface area contributed by atoms with Crippen LogP contribution < -0.4 is 0 Å². The maximum absolute atomic E-state index is 13.6. The molecule has 2 aliphatic rings. The summed E-state index contributed by atoms with van der Waals surface area (Å²) in [4.78, 5) is 19.9. The molecule has 1 amide bonds. The molecule has 3 heterocycles. The van der Waals surface area contributed by atoms with E-state index in [1.807, 2.05) is 41.2 Å². The number of carbonyl (C=O) groups excluding carboxylic acids is 1. The van der Waals surface area contributed by atoms with E-state index in [2.05, 4.69) is 22.0 Å². The molecule has 3 aromatic rings. The topological polar surface area (TPSA) is 51.0 Å². The van der Waals surface area contributed by atoms with Crippen molar-refractivity contribution in [2.24, 2.45) is 11.8 Å². The van der Waals surface area contributed by atoms with Gasteiger partial charge in [-0.15, -0.1) is 0 Å². The minimum absolute atomic E-state index is 0.109. The van der Waals surface area contributed by atoms with E-state index in [1.165, 1.54) is 31.2 Å². The van der Waals surface area contributed by atoms with Crippen molar-refractivity contribution in [3.05, 3.63) is 72.2 Å². The van der Waals surface area contributed by atoms with Crippen LogP contribution in [0.2, 0.25) is 0 Å². The molecule has 5 heteroatoms.